The molecule has 3 nitrogen and oxygen atoms in total. The van der Waals surface area contributed by atoms with Crippen LogP contribution in [0.3, 0.4) is 0 Å². The summed E-state index contributed by atoms with van der Waals surface area (Å²) in [5, 5.41) is 17.8. The van der Waals surface area contributed by atoms with Crippen molar-refractivity contribution in [1.29, 1.82) is 0 Å². The van der Waals surface area contributed by atoms with Crippen molar-refractivity contribution in [3.63, 3.8) is 0 Å². The highest BCUT2D eigenvalue weighted by Gasteiger charge is 2.05. The molecule has 0 saturated carbocycles. The van der Waals surface area contributed by atoms with Crippen LogP contribution in [0.25, 0.3) is 0 Å². The second-order valence-electron chi connectivity index (χ2n) is 3.83. The first-order valence-electron chi connectivity index (χ1n) is 5.04. The van der Waals surface area contributed by atoms with E-state index in [0.29, 0.717) is 0 Å². The minimum Gasteiger partial charge on any atom is -0.491 e. The van der Waals surface area contributed by atoms with Gasteiger partial charge in [-0.3, -0.25) is 0 Å². The lowest BCUT2D eigenvalue weighted by Gasteiger charge is -2.12. The van der Waals surface area contributed by atoms with Crippen molar-refractivity contribution in [2.24, 2.45) is 0 Å². The van der Waals surface area contributed by atoms with E-state index < -0.39 is 6.10 Å². The molecule has 1 rings (SSSR count). The molecule has 0 spiro atoms. The Morgan fingerprint density at radius 3 is 2.20 bits per heavy atom. The van der Waals surface area contributed by atoms with E-state index in [1.807, 2.05) is 26.0 Å². The van der Waals surface area contributed by atoms with Crippen molar-refractivity contribution >= 4 is 0 Å². The molecular formula is C12H18O3. The molecule has 0 bridgehead atoms. The van der Waals surface area contributed by atoms with Crippen LogP contribution in [-0.2, 0) is 0 Å². The fourth-order valence-corrected chi connectivity index (χ4v) is 1.32. The number of aliphatic hydroxyl groups is 2. The lowest BCUT2D eigenvalue weighted by atomic mass is 10.0. The van der Waals surface area contributed by atoms with Gasteiger partial charge in [0.2, 0.25) is 0 Å². The summed E-state index contributed by atoms with van der Waals surface area (Å²) in [6.45, 7) is 5.97. The number of rotatable bonds is 4. The maximum Gasteiger partial charge on any atom is 0.119 e. The van der Waals surface area contributed by atoms with Crippen molar-refractivity contribution in [3.05, 3.63) is 28.8 Å². The monoisotopic (exact) mass is 210 g/mol. The zero-order chi connectivity index (χ0) is 11.4. The molecule has 0 aliphatic rings. The topological polar surface area (TPSA) is 49.7 Å². The maximum atomic E-state index is 9.14. The predicted molar refractivity (Wildman–Crippen MR) is 59.2 cm³/mol. The maximum absolute atomic E-state index is 9.14. The summed E-state index contributed by atoms with van der Waals surface area (Å²) in [7, 11) is 0. The third kappa shape index (κ3) is 3.22. The minimum absolute atomic E-state index is 0.123. The van der Waals surface area contributed by atoms with E-state index in [0.717, 1.165) is 5.75 Å². The Bertz CT molecular complexity index is 311. The van der Waals surface area contributed by atoms with Crippen LogP contribution < -0.4 is 4.74 Å². The molecule has 2 N–H and O–H groups in total. The van der Waals surface area contributed by atoms with Gasteiger partial charge in [-0.2, -0.15) is 0 Å². The van der Waals surface area contributed by atoms with Gasteiger partial charge in [-0.05, 0) is 49.6 Å². The Morgan fingerprint density at radius 1 is 1.20 bits per heavy atom. The van der Waals surface area contributed by atoms with Crippen LogP contribution in [0.5, 0.6) is 5.75 Å². The molecule has 84 valence electrons. The smallest absolute Gasteiger partial charge is 0.119 e. The number of ether oxygens (including phenoxy) is 1. The van der Waals surface area contributed by atoms with Crippen LogP contribution in [0.15, 0.2) is 12.1 Å². The van der Waals surface area contributed by atoms with Crippen LogP contribution in [0.2, 0.25) is 0 Å². The Hall–Kier alpha value is -1.06. The van der Waals surface area contributed by atoms with Crippen LogP contribution in [-0.4, -0.2) is 29.5 Å². The number of hydrogen-bond donors (Lipinski definition) is 2. The summed E-state index contributed by atoms with van der Waals surface area (Å²) in [6.07, 6.45) is -0.813. The molecule has 1 unspecified atom stereocenters. The van der Waals surface area contributed by atoms with E-state index in [9.17, 15) is 0 Å². The Kier molecular flexibility index (Phi) is 4.12. The zero-order valence-corrected chi connectivity index (χ0v) is 9.45. The number of aliphatic hydroxyl groups excluding tert-OH is 2. The number of aryl methyl sites for hydroxylation is 2. The normalized spacial score (nSPS) is 12.6. The van der Waals surface area contributed by atoms with Crippen molar-refractivity contribution in [2.75, 3.05) is 13.2 Å². The molecule has 0 aliphatic heterocycles. The molecule has 0 amide bonds. The van der Waals surface area contributed by atoms with Gasteiger partial charge in [-0.25, -0.2) is 0 Å². The van der Waals surface area contributed by atoms with Gasteiger partial charge in [0, 0.05) is 0 Å². The number of hydrogen-bond acceptors (Lipinski definition) is 3. The average molecular weight is 210 g/mol. The third-order valence-electron chi connectivity index (χ3n) is 2.55. The molecule has 0 heterocycles. The molecule has 3 heteroatoms. The molecule has 15 heavy (non-hydrogen) atoms. The van der Waals surface area contributed by atoms with Gasteiger partial charge in [-0.1, -0.05) is 0 Å². The second-order valence-corrected chi connectivity index (χ2v) is 3.83. The quantitative estimate of drug-likeness (QED) is 0.788. The minimum atomic E-state index is -0.813. The lowest BCUT2D eigenvalue weighted by molar-refractivity contribution is 0.0536. The largest absolute Gasteiger partial charge is 0.491 e. The molecule has 0 aliphatic carbocycles. The SMILES string of the molecule is Cc1cc(OCC(O)CO)cc(C)c1C. The molecule has 0 saturated heterocycles. The van der Waals surface area contributed by atoms with Crippen LogP contribution in [0, 0.1) is 20.8 Å². The molecule has 0 aromatic heterocycles. The molecule has 1 atom stereocenters. The summed E-state index contributed by atoms with van der Waals surface area (Å²) in [6, 6.07) is 3.87. The van der Waals surface area contributed by atoms with Gasteiger partial charge < -0.3 is 14.9 Å². The highest BCUT2D eigenvalue weighted by atomic mass is 16.5. The Balaban J connectivity index is 2.70. The van der Waals surface area contributed by atoms with Crippen molar-refractivity contribution in [1.82, 2.24) is 0 Å². The highest BCUT2D eigenvalue weighted by molar-refractivity contribution is 5.40. The van der Waals surface area contributed by atoms with Gasteiger partial charge in [0.25, 0.3) is 0 Å². The van der Waals surface area contributed by atoms with Crippen LogP contribution >= 0.6 is 0 Å². The summed E-state index contributed by atoms with van der Waals surface area (Å²) in [5.74, 6) is 0.739. The number of benzene rings is 1. The van der Waals surface area contributed by atoms with Crippen molar-refractivity contribution in [2.45, 2.75) is 26.9 Å². The van der Waals surface area contributed by atoms with Crippen molar-refractivity contribution < 1.29 is 14.9 Å². The van der Waals surface area contributed by atoms with Crippen molar-refractivity contribution in [3.8, 4) is 5.75 Å². The molecule has 0 radical (unpaired) electrons. The second kappa shape index (κ2) is 5.14. The van der Waals surface area contributed by atoms with E-state index in [1.54, 1.807) is 0 Å². The van der Waals surface area contributed by atoms with Crippen LogP contribution in [0.4, 0.5) is 0 Å². The van der Waals surface area contributed by atoms with E-state index in [-0.39, 0.29) is 13.2 Å². The summed E-state index contributed by atoms with van der Waals surface area (Å²) in [5.41, 5.74) is 3.59. The Labute approximate surface area is 90.3 Å². The van der Waals surface area contributed by atoms with Gasteiger partial charge in [-0.15, -0.1) is 0 Å². The van der Waals surface area contributed by atoms with Gasteiger partial charge in [0.15, 0.2) is 0 Å². The van der Waals surface area contributed by atoms with Gasteiger partial charge in [0.1, 0.15) is 18.5 Å². The van der Waals surface area contributed by atoms with Crippen LogP contribution in [0.1, 0.15) is 16.7 Å². The molecule has 1 aromatic rings. The van der Waals surface area contributed by atoms with E-state index in [4.69, 9.17) is 14.9 Å². The average Bonchev–Trinajstić information content (AvgIpc) is 2.22. The van der Waals surface area contributed by atoms with E-state index >= 15 is 0 Å². The first-order valence-corrected chi connectivity index (χ1v) is 5.04. The lowest BCUT2D eigenvalue weighted by Crippen LogP contribution is -2.21. The predicted octanol–water partition coefficient (Wildman–Crippen LogP) is 1.34. The summed E-state index contributed by atoms with van der Waals surface area (Å²) < 4.78 is 5.37. The van der Waals surface area contributed by atoms with E-state index in [2.05, 4.69) is 6.92 Å². The Morgan fingerprint density at radius 2 is 1.73 bits per heavy atom. The fraction of sp³-hybridized carbons (Fsp3) is 0.500. The first kappa shape index (κ1) is 12.0. The fourth-order valence-electron chi connectivity index (χ4n) is 1.32. The highest BCUT2D eigenvalue weighted by Crippen LogP contribution is 2.20. The standard InChI is InChI=1S/C12H18O3/c1-8-4-12(5-9(2)10(8)3)15-7-11(14)6-13/h4-5,11,13-14H,6-7H2,1-3H3. The molecular weight excluding hydrogens is 192 g/mol. The summed E-state index contributed by atoms with van der Waals surface area (Å²) in [4.78, 5) is 0. The third-order valence-corrected chi connectivity index (χ3v) is 2.55. The van der Waals surface area contributed by atoms with E-state index in [1.165, 1.54) is 16.7 Å². The zero-order valence-electron chi connectivity index (χ0n) is 9.45. The van der Waals surface area contributed by atoms with Gasteiger partial charge in [0.05, 0.1) is 6.61 Å². The summed E-state index contributed by atoms with van der Waals surface area (Å²) >= 11 is 0. The molecule has 0 fully saturated rings. The molecule has 1 aromatic carbocycles. The first-order chi connectivity index (χ1) is 7.04. The van der Waals surface area contributed by atoms with Gasteiger partial charge >= 0.3 is 0 Å².